The molecule has 7 nitrogen and oxygen atoms in total. The van der Waals surface area contributed by atoms with Crippen molar-refractivity contribution in [2.24, 2.45) is 5.92 Å². The zero-order valence-electron chi connectivity index (χ0n) is 20.2. The van der Waals surface area contributed by atoms with Gasteiger partial charge in [0.25, 0.3) is 0 Å². The smallest absolute Gasteiger partial charge is 0.238 e. The van der Waals surface area contributed by atoms with Crippen molar-refractivity contribution >= 4 is 23.3 Å². The van der Waals surface area contributed by atoms with Crippen LogP contribution < -0.4 is 5.32 Å². The van der Waals surface area contributed by atoms with Gasteiger partial charge in [-0.15, -0.1) is 6.58 Å². The van der Waals surface area contributed by atoms with Gasteiger partial charge in [0, 0.05) is 50.2 Å². The first-order valence-corrected chi connectivity index (χ1v) is 12.3. The SMILES string of the molecule is C=CCC(F)(OC)c1cccc([C@@H](C)Nc2nc(Cl)nc3c2CC(CC(=O)N2CCOCC2)C3)c1. The number of rotatable bonds is 9. The minimum Gasteiger partial charge on any atom is -0.378 e. The van der Waals surface area contributed by atoms with Crippen LogP contribution in [-0.4, -0.2) is 54.2 Å². The summed E-state index contributed by atoms with van der Waals surface area (Å²) in [5, 5.41) is 3.60. The quantitative estimate of drug-likeness (QED) is 0.398. The van der Waals surface area contributed by atoms with Crippen LogP contribution in [0.3, 0.4) is 0 Å². The van der Waals surface area contributed by atoms with Crippen molar-refractivity contribution in [1.82, 2.24) is 14.9 Å². The summed E-state index contributed by atoms with van der Waals surface area (Å²) in [6, 6.07) is 7.06. The van der Waals surface area contributed by atoms with E-state index in [9.17, 15) is 4.79 Å². The minimum atomic E-state index is -1.93. The van der Waals surface area contributed by atoms with E-state index in [1.165, 1.54) is 13.2 Å². The van der Waals surface area contributed by atoms with E-state index in [0.717, 1.165) is 16.8 Å². The highest BCUT2D eigenvalue weighted by molar-refractivity contribution is 6.28. The van der Waals surface area contributed by atoms with Crippen LogP contribution in [0.4, 0.5) is 10.2 Å². The molecule has 2 unspecified atom stereocenters. The normalized spacial score (nSPS) is 20.1. The maximum absolute atomic E-state index is 15.2. The van der Waals surface area contributed by atoms with E-state index in [1.54, 1.807) is 12.1 Å². The van der Waals surface area contributed by atoms with Gasteiger partial charge in [0.1, 0.15) is 5.82 Å². The van der Waals surface area contributed by atoms with Gasteiger partial charge in [-0.3, -0.25) is 4.79 Å². The van der Waals surface area contributed by atoms with Gasteiger partial charge < -0.3 is 19.7 Å². The summed E-state index contributed by atoms with van der Waals surface area (Å²) in [6.07, 6.45) is 3.41. The highest BCUT2D eigenvalue weighted by Gasteiger charge is 2.32. The second kappa shape index (κ2) is 11.0. The molecule has 1 aromatic carbocycles. The van der Waals surface area contributed by atoms with E-state index in [4.69, 9.17) is 21.1 Å². The first-order chi connectivity index (χ1) is 16.8. The van der Waals surface area contributed by atoms with Crippen LogP contribution in [0.15, 0.2) is 36.9 Å². The molecular weight excluding hydrogens is 471 g/mol. The summed E-state index contributed by atoms with van der Waals surface area (Å²) in [4.78, 5) is 23.5. The molecule has 0 radical (unpaired) electrons. The molecule has 1 saturated heterocycles. The number of carbonyl (C=O) groups excluding carboxylic acids is 1. The molecule has 9 heteroatoms. The predicted octanol–water partition coefficient (Wildman–Crippen LogP) is 4.61. The fourth-order valence-electron chi connectivity index (χ4n) is 4.80. The van der Waals surface area contributed by atoms with E-state index < -0.39 is 5.85 Å². The van der Waals surface area contributed by atoms with Crippen molar-refractivity contribution in [1.29, 1.82) is 0 Å². The summed E-state index contributed by atoms with van der Waals surface area (Å²) in [5.74, 6) is -0.974. The van der Waals surface area contributed by atoms with E-state index in [0.29, 0.717) is 56.9 Å². The number of hydrogen-bond donors (Lipinski definition) is 1. The Kier molecular flexibility index (Phi) is 8.04. The van der Waals surface area contributed by atoms with Crippen LogP contribution in [0.25, 0.3) is 0 Å². The molecular formula is C26H32ClFN4O3. The average molecular weight is 503 g/mol. The number of morpholine rings is 1. The molecule has 188 valence electrons. The molecule has 1 N–H and O–H groups in total. The summed E-state index contributed by atoms with van der Waals surface area (Å²) in [5.41, 5.74) is 3.17. The Morgan fingerprint density at radius 1 is 1.40 bits per heavy atom. The van der Waals surface area contributed by atoms with Gasteiger partial charge in [-0.1, -0.05) is 24.3 Å². The van der Waals surface area contributed by atoms with Crippen molar-refractivity contribution in [2.75, 3.05) is 38.7 Å². The lowest BCUT2D eigenvalue weighted by molar-refractivity contribution is -0.136. The van der Waals surface area contributed by atoms with Crippen molar-refractivity contribution in [3.8, 4) is 0 Å². The molecule has 1 aliphatic heterocycles. The van der Waals surface area contributed by atoms with E-state index in [1.807, 2.05) is 24.0 Å². The number of methoxy groups -OCH3 is 1. The fourth-order valence-corrected chi connectivity index (χ4v) is 4.99. The van der Waals surface area contributed by atoms with Crippen molar-refractivity contribution < 1.29 is 18.7 Å². The topological polar surface area (TPSA) is 76.6 Å². The van der Waals surface area contributed by atoms with Gasteiger partial charge >= 0.3 is 0 Å². The monoisotopic (exact) mass is 502 g/mol. The number of alkyl halides is 1. The highest BCUT2D eigenvalue weighted by Crippen LogP contribution is 2.36. The zero-order chi connectivity index (χ0) is 25.0. The summed E-state index contributed by atoms with van der Waals surface area (Å²) in [7, 11) is 1.35. The van der Waals surface area contributed by atoms with Gasteiger partial charge in [0.05, 0.1) is 18.9 Å². The Morgan fingerprint density at radius 3 is 2.89 bits per heavy atom. The molecule has 3 atom stereocenters. The maximum Gasteiger partial charge on any atom is 0.238 e. The van der Waals surface area contributed by atoms with E-state index in [2.05, 4.69) is 21.9 Å². The first-order valence-electron chi connectivity index (χ1n) is 12.0. The molecule has 1 amide bonds. The lowest BCUT2D eigenvalue weighted by Crippen LogP contribution is -2.41. The third-order valence-electron chi connectivity index (χ3n) is 6.77. The molecule has 0 saturated carbocycles. The average Bonchev–Trinajstić information content (AvgIpc) is 3.27. The summed E-state index contributed by atoms with van der Waals surface area (Å²) >= 11 is 6.25. The molecule has 1 fully saturated rings. The zero-order valence-corrected chi connectivity index (χ0v) is 21.0. The molecule has 1 aliphatic carbocycles. The van der Waals surface area contributed by atoms with Crippen molar-refractivity contribution in [3.05, 3.63) is 64.6 Å². The van der Waals surface area contributed by atoms with Gasteiger partial charge in [0.15, 0.2) is 0 Å². The molecule has 4 rings (SSSR count). The third-order valence-corrected chi connectivity index (χ3v) is 6.94. The Hall–Kier alpha value is -2.55. The van der Waals surface area contributed by atoms with Crippen molar-refractivity contribution in [2.45, 2.75) is 44.5 Å². The van der Waals surface area contributed by atoms with Crippen molar-refractivity contribution in [3.63, 3.8) is 0 Å². The summed E-state index contributed by atoms with van der Waals surface area (Å²) in [6.45, 7) is 8.08. The number of nitrogens with zero attached hydrogens (tertiary/aromatic N) is 3. The third kappa shape index (κ3) is 5.82. The molecule has 2 aliphatic rings. The van der Waals surface area contributed by atoms with Crippen LogP contribution >= 0.6 is 11.6 Å². The predicted molar refractivity (Wildman–Crippen MR) is 133 cm³/mol. The number of anilines is 1. The van der Waals surface area contributed by atoms with Gasteiger partial charge in [-0.05, 0) is 48.9 Å². The fraction of sp³-hybridized carbons (Fsp3) is 0.500. The van der Waals surface area contributed by atoms with Gasteiger partial charge in [-0.2, -0.15) is 0 Å². The number of nitrogens with one attached hydrogen (secondary N) is 1. The lowest BCUT2D eigenvalue weighted by Gasteiger charge is -2.27. The van der Waals surface area contributed by atoms with Crippen LogP contribution in [0, 0.1) is 5.92 Å². The number of halogens is 2. The lowest BCUT2D eigenvalue weighted by atomic mass is 9.98. The largest absolute Gasteiger partial charge is 0.378 e. The van der Waals surface area contributed by atoms with E-state index in [-0.39, 0.29) is 29.6 Å². The van der Waals surface area contributed by atoms with Crippen LogP contribution in [0.2, 0.25) is 5.28 Å². The number of benzene rings is 1. The Morgan fingerprint density at radius 2 is 2.17 bits per heavy atom. The Labute approximate surface area is 210 Å². The number of hydrogen-bond acceptors (Lipinski definition) is 6. The molecule has 2 aromatic rings. The molecule has 2 heterocycles. The van der Waals surface area contributed by atoms with Gasteiger partial charge in [0.2, 0.25) is 17.0 Å². The van der Waals surface area contributed by atoms with Crippen LogP contribution in [0.5, 0.6) is 0 Å². The summed E-state index contributed by atoms with van der Waals surface area (Å²) < 4.78 is 25.7. The maximum atomic E-state index is 15.2. The second-order valence-electron chi connectivity index (χ2n) is 9.15. The molecule has 35 heavy (non-hydrogen) atoms. The molecule has 1 aromatic heterocycles. The van der Waals surface area contributed by atoms with Gasteiger partial charge in [-0.25, -0.2) is 14.4 Å². The van der Waals surface area contributed by atoms with Crippen LogP contribution in [0.1, 0.15) is 48.2 Å². The Bertz CT molecular complexity index is 1080. The molecule has 0 spiro atoms. The number of ether oxygens (including phenoxy) is 2. The number of carbonyl (C=O) groups is 1. The number of amides is 1. The Balaban J connectivity index is 1.48. The first kappa shape index (κ1) is 25.5. The molecule has 0 bridgehead atoms. The minimum absolute atomic E-state index is 0.0500. The number of aromatic nitrogens is 2. The van der Waals surface area contributed by atoms with E-state index >= 15 is 4.39 Å². The standard InChI is InChI=1S/C26H32ClFN4O3/c1-4-8-26(28,34-3)20-7-5-6-19(16-20)17(2)29-24-21-13-18(14-22(21)30-25(27)31-24)15-23(33)32-9-11-35-12-10-32/h4-7,16-18H,1,8-15H2,2-3H3,(H,29,30,31)/t17-,18?,26?/m1/s1. The number of fused-ring (bicyclic) bond motifs is 1. The highest BCUT2D eigenvalue weighted by atomic mass is 35.5. The van der Waals surface area contributed by atoms with Crippen LogP contribution in [-0.2, 0) is 33.0 Å². The second-order valence-corrected chi connectivity index (χ2v) is 9.49.